The summed E-state index contributed by atoms with van der Waals surface area (Å²) in [5, 5.41) is 12.6. The van der Waals surface area contributed by atoms with Crippen LogP contribution < -0.4 is 5.32 Å². The molecular formula is C19H30N2O6. The van der Waals surface area contributed by atoms with Crippen LogP contribution >= 0.6 is 0 Å². The predicted molar refractivity (Wildman–Crippen MR) is 97.8 cm³/mol. The van der Waals surface area contributed by atoms with E-state index in [0.29, 0.717) is 19.4 Å². The Hall–Kier alpha value is -2.09. The lowest BCUT2D eigenvalue weighted by Gasteiger charge is -2.28. The molecule has 0 bridgehead atoms. The molecule has 3 atom stereocenters. The first kappa shape index (κ1) is 21.2. The topological polar surface area (TPSA) is 105 Å². The second-order valence-corrected chi connectivity index (χ2v) is 8.07. The van der Waals surface area contributed by atoms with Gasteiger partial charge in [-0.3, -0.25) is 9.59 Å². The van der Waals surface area contributed by atoms with Crippen LogP contribution in [0.1, 0.15) is 46.5 Å². The average Bonchev–Trinajstić information content (AvgIpc) is 3.17. The Balaban J connectivity index is 2.08. The minimum Gasteiger partial charge on any atom is -0.468 e. The average molecular weight is 382 g/mol. The first-order chi connectivity index (χ1) is 12.6. The minimum absolute atomic E-state index is 0.156. The predicted octanol–water partition coefficient (Wildman–Crippen LogP) is 1.37. The molecule has 0 aromatic rings. The molecule has 2 aliphatic rings. The molecule has 0 aromatic carbocycles. The fourth-order valence-electron chi connectivity index (χ4n) is 3.50. The van der Waals surface area contributed by atoms with Crippen LogP contribution in [0.25, 0.3) is 0 Å². The van der Waals surface area contributed by atoms with Crippen molar-refractivity contribution in [3.63, 3.8) is 0 Å². The zero-order valence-electron chi connectivity index (χ0n) is 16.5. The SMILES string of the molecule is COC(=O)CNC(=O)[C@@H]1C[C@@H](O)CC1=C[C@@H]1CCCN1C(=O)OC(C)(C)C. The Morgan fingerprint density at radius 2 is 2.04 bits per heavy atom. The summed E-state index contributed by atoms with van der Waals surface area (Å²) in [7, 11) is 1.25. The standard InChI is InChI=1S/C19H30N2O6/c1-19(2,3)27-18(25)21-7-5-6-13(21)8-12-9-14(22)10-15(12)17(24)20-11-16(23)26-4/h8,13-15,22H,5-7,9-11H2,1-4H3,(H,20,24)/t13-,14-,15+/m0/s1. The van der Waals surface area contributed by atoms with Crippen LogP contribution in [0.4, 0.5) is 4.79 Å². The Kier molecular flexibility index (Phi) is 6.86. The number of esters is 1. The maximum atomic E-state index is 12.4. The molecule has 152 valence electrons. The molecule has 1 heterocycles. The molecule has 0 unspecified atom stereocenters. The zero-order valence-corrected chi connectivity index (χ0v) is 16.5. The van der Waals surface area contributed by atoms with E-state index < -0.39 is 23.6 Å². The van der Waals surface area contributed by atoms with Crippen LogP contribution in [0.2, 0.25) is 0 Å². The normalized spacial score (nSPS) is 26.9. The summed E-state index contributed by atoms with van der Waals surface area (Å²) in [5.41, 5.74) is 0.224. The van der Waals surface area contributed by atoms with Crippen molar-refractivity contribution in [3.8, 4) is 0 Å². The molecular weight excluding hydrogens is 352 g/mol. The number of ether oxygens (including phenoxy) is 2. The lowest BCUT2D eigenvalue weighted by Crippen LogP contribution is -2.39. The van der Waals surface area contributed by atoms with Crippen LogP contribution in [0.3, 0.4) is 0 Å². The van der Waals surface area contributed by atoms with E-state index in [-0.39, 0.29) is 24.6 Å². The number of aliphatic hydroxyl groups excluding tert-OH is 1. The molecule has 1 saturated carbocycles. The van der Waals surface area contributed by atoms with E-state index in [4.69, 9.17) is 4.74 Å². The van der Waals surface area contributed by atoms with Crippen LogP contribution in [0, 0.1) is 5.92 Å². The van der Waals surface area contributed by atoms with E-state index in [2.05, 4.69) is 10.1 Å². The molecule has 0 spiro atoms. The molecule has 0 aromatic heterocycles. The quantitative estimate of drug-likeness (QED) is 0.562. The van der Waals surface area contributed by atoms with Crippen molar-refractivity contribution < 1.29 is 29.0 Å². The minimum atomic E-state index is -0.610. The monoisotopic (exact) mass is 382 g/mol. The van der Waals surface area contributed by atoms with Crippen molar-refractivity contribution in [2.24, 2.45) is 5.92 Å². The largest absolute Gasteiger partial charge is 0.468 e. The lowest BCUT2D eigenvalue weighted by atomic mass is 9.98. The number of hydrogen-bond acceptors (Lipinski definition) is 6. The smallest absolute Gasteiger partial charge is 0.410 e. The van der Waals surface area contributed by atoms with E-state index in [9.17, 15) is 19.5 Å². The van der Waals surface area contributed by atoms with Gasteiger partial charge in [0.2, 0.25) is 5.91 Å². The van der Waals surface area contributed by atoms with Crippen LogP contribution in [0.15, 0.2) is 11.6 Å². The highest BCUT2D eigenvalue weighted by Gasteiger charge is 2.36. The van der Waals surface area contributed by atoms with E-state index in [1.54, 1.807) is 4.90 Å². The molecule has 2 amide bonds. The number of carbonyl (C=O) groups is 3. The Morgan fingerprint density at radius 1 is 1.33 bits per heavy atom. The fraction of sp³-hybridized carbons (Fsp3) is 0.737. The van der Waals surface area contributed by atoms with E-state index in [1.165, 1.54) is 7.11 Å². The Bertz CT molecular complexity index is 610. The summed E-state index contributed by atoms with van der Waals surface area (Å²) in [6.45, 7) is 5.87. The first-order valence-corrected chi connectivity index (χ1v) is 9.33. The summed E-state index contributed by atoms with van der Waals surface area (Å²) >= 11 is 0. The summed E-state index contributed by atoms with van der Waals surface area (Å²) in [4.78, 5) is 37.8. The number of likely N-dealkylation sites (tertiary alicyclic amines) is 1. The van der Waals surface area contributed by atoms with Gasteiger partial charge in [0.15, 0.2) is 0 Å². The molecule has 8 nitrogen and oxygen atoms in total. The highest BCUT2D eigenvalue weighted by atomic mass is 16.6. The van der Waals surface area contributed by atoms with Crippen LogP contribution in [0.5, 0.6) is 0 Å². The highest BCUT2D eigenvalue weighted by molar-refractivity contribution is 5.86. The van der Waals surface area contributed by atoms with Gasteiger partial charge in [0.1, 0.15) is 12.1 Å². The number of amides is 2. The van der Waals surface area contributed by atoms with Gasteiger partial charge >= 0.3 is 12.1 Å². The van der Waals surface area contributed by atoms with Gasteiger partial charge in [-0.1, -0.05) is 11.6 Å². The summed E-state index contributed by atoms with van der Waals surface area (Å²) in [6.07, 6.45) is 3.27. The van der Waals surface area contributed by atoms with E-state index in [1.807, 2.05) is 26.8 Å². The molecule has 0 radical (unpaired) electrons. The second-order valence-electron chi connectivity index (χ2n) is 8.07. The van der Waals surface area contributed by atoms with Crippen molar-refractivity contribution in [1.82, 2.24) is 10.2 Å². The third kappa shape index (κ3) is 5.95. The number of methoxy groups -OCH3 is 1. The van der Waals surface area contributed by atoms with Crippen LogP contribution in [-0.4, -0.2) is 65.9 Å². The first-order valence-electron chi connectivity index (χ1n) is 9.33. The maximum absolute atomic E-state index is 12.4. The molecule has 1 aliphatic heterocycles. The van der Waals surface area contributed by atoms with Gasteiger partial charge in [-0.15, -0.1) is 0 Å². The van der Waals surface area contributed by atoms with Crippen molar-refractivity contribution in [2.75, 3.05) is 20.2 Å². The third-order valence-corrected chi connectivity index (χ3v) is 4.71. The van der Waals surface area contributed by atoms with Crippen molar-refractivity contribution >= 4 is 18.0 Å². The molecule has 1 aliphatic carbocycles. The molecule has 2 rings (SSSR count). The van der Waals surface area contributed by atoms with Crippen molar-refractivity contribution in [2.45, 2.75) is 64.2 Å². The number of carbonyl (C=O) groups excluding carboxylic acids is 3. The number of aliphatic hydroxyl groups is 1. The maximum Gasteiger partial charge on any atom is 0.410 e. The Labute approximate surface area is 159 Å². The van der Waals surface area contributed by atoms with Gasteiger partial charge in [-0.25, -0.2) is 4.79 Å². The third-order valence-electron chi connectivity index (χ3n) is 4.71. The number of nitrogens with one attached hydrogen (secondary N) is 1. The second kappa shape index (κ2) is 8.73. The lowest BCUT2D eigenvalue weighted by molar-refractivity contribution is -0.141. The van der Waals surface area contributed by atoms with E-state index >= 15 is 0 Å². The Morgan fingerprint density at radius 3 is 2.67 bits per heavy atom. The molecule has 2 fully saturated rings. The number of rotatable bonds is 4. The molecule has 2 N–H and O–H groups in total. The van der Waals surface area contributed by atoms with Gasteiger partial charge in [0.05, 0.1) is 25.2 Å². The van der Waals surface area contributed by atoms with Crippen molar-refractivity contribution in [3.05, 3.63) is 11.6 Å². The summed E-state index contributed by atoms with van der Waals surface area (Å²) < 4.78 is 9.99. The number of hydrogen-bond donors (Lipinski definition) is 2. The molecule has 8 heteroatoms. The van der Waals surface area contributed by atoms with Gasteiger partial charge in [-0.05, 0) is 46.5 Å². The zero-order chi connectivity index (χ0) is 20.2. The van der Waals surface area contributed by atoms with Gasteiger partial charge in [0, 0.05) is 6.54 Å². The summed E-state index contributed by atoms with van der Waals surface area (Å²) in [6, 6.07) is -0.156. The van der Waals surface area contributed by atoms with E-state index in [0.717, 1.165) is 18.4 Å². The van der Waals surface area contributed by atoms with Gasteiger partial charge < -0.3 is 24.8 Å². The molecule has 27 heavy (non-hydrogen) atoms. The van der Waals surface area contributed by atoms with Crippen molar-refractivity contribution in [1.29, 1.82) is 0 Å². The summed E-state index contributed by atoms with van der Waals surface area (Å²) in [5.74, 6) is -1.35. The number of nitrogens with zero attached hydrogens (tertiary/aromatic N) is 1. The molecule has 1 saturated heterocycles. The fourth-order valence-corrected chi connectivity index (χ4v) is 3.50. The van der Waals surface area contributed by atoms with Gasteiger partial charge in [0.25, 0.3) is 0 Å². The van der Waals surface area contributed by atoms with Crippen LogP contribution in [-0.2, 0) is 19.1 Å². The highest BCUT2D eigenvalue weighted by Crippen LogP contribution is 2.34. The van der Waals surface area contributed by atoms with Gasteiger partial charge in [-0.2, -0.15) is 0 Å².